The van der Waals surface area contributed by atoms with E-state index in [9.17, 15) is 8.42 Å². The van der Waals surface area contributed by atoms with Gasteiger partial charge in [0.25, 0.3) is 0 Å². The normalized spacial score (nSPS) is 18.8. The molecule has 1 unspecified atom stereocenters. The van der Waals surface area contributed by atoms with Gasteiger partial charge in [-0.25, -0.2) is 8.42 Å². The minimum Gasteiger partial charge on any atom is -0.355 e. The zero-order valence-electron chi connectivity index (χ0n) is 15.5. The predicted octanol–water partition coefficient (Wildman–Crippen LogP) is 2.88. The van der Waals surface area contributed by atoms with Crippen LogP contribution in [0, 0.1) is 0 Å². The number of hydrogen-bond donors (Lipinski definition) is 1. The monoisotopic (exact) mass is 479 g/mol. The van der Waals surface area contributed by atoms with E-state index in [0.717, 1.165) is 25.5 Å². The topological polar surface area (TPSA) is 61.8 Å². The van der Waals surface area contributed by atoms with Gasteiger partial charge in [-0.05, 0) is 32.8 Å². The first-order valence-electron chi connectivity index (χ1n) is 8.47. The van der Waals surface area contributed by atoms with Crippen molar-refractivity contribution in [3.05, 3.63) is 35.9 Å². The van der Waals surface area contributed by atoms with Crippen LogP contribution in [0.5, 0.6) is 0 Å². The third kappa shape index (κ3) is 5.84. The summed E-state index contributed by atoms with van der Waals surface area (Å²) in [6.45, 7) is 7.45. The highest BCUT2D eigenvalue weighted by molar-refractivity contribution is 14.0. The minimum atomic E-state index is -3.11. The summed E-state index contributed by atoms with van der Waals surface area (Å²) in [6.07, 6.45) is 1.09. The highest BCUT2D eigenvalue weighted by Gasteiger charge is 2.29. The second-order valence-corrected chi connectivity index (χ2v) is 10.1. The molecule has 1 aromatic rings. The third-order valence-corrected chi connectivity index (χ3v) is 7.17. The molecular weight excluding hydrogens is 449 g/mol. The number of hydrogen-bond acceptors (Lipinski definition) is 3. The molecule has 142 valence electrons. The van der Waals surface area contributed by atoms with Crippen LogP contribution in [0.3, 0.4) is 0 Å². The van der Waals surface area contributed by atoms with Gasteiger partial charge in [-0.1, -0.05) is 30.3 Å². The van der Waals surface area contributed by atoms with Crippen molar-refractivity contribution in [2.75, 3.05) is 32.4 Å². The van der Waals surface area contributed by atoms with E-state index in [2.05, 4.69) is 39.5 Å². The van der Waals surface area contributed by atoms with Gasteiger partial charge in [0.05, 0.1) is 10.5 Å². The number of sulfone groups is 1. The van der Waals surface area contributed by atoms with Crippen molar-refractivity contribution in [2.24, 2.45) is 4.99 Å². The summed E-state index contributed by atoms with van der Waals surface area (Å²) in [5.41, 5.74) is 1.35. The summed E-state index contributed by atoms with van der Waals surface area (Å²) in [7, 11) is -1.37. The lowest BCUT2D eigenvalue weighted by molar-refractivity contribution is 0.487. The van der Waals surface area contributed by atoms with Crippen molar-refractivity contribution in [1.82, 2.24) is 10.2 Å². The lowest BCUT2D eigenvalue weighted by Gasteiger charge is -2.23. The fourth-order valence-corrected chi connectivity index (χ4v) is 3.87. The Morgan fingerprint density at radius 2 is 1.92 bits per heavy atom. The molecule has 0 spiro atoms. The zero-order valence-corrected chi connectivity index (χ0v) is 18.7. The molecule has 5 nitrogen and oxygen atoms in total. The van der Waals surface area contributed by atoms with Gasteiger partial charge in [-0.15, -0.1) is 24.0 Å². The van der Waals surface area contributed by atoms with Crippen molar-refractivity contribution in [3.63, 3.8) is 0 Å². The van der Waals surface area contributed by atoms with Gasteiger partial charge >= 0.3 is 0 Å². The van der Waals surface area contributed by atoms with Gasteiger partial charge in [-0.3, -0.25) is 4.99 Å². The molecule has 1 aliphatic rings. The Labute approximate surface area is 169 Å². The maximum atomic E-state index is 12.2. The van der Waals surface area contributed by atoms with E-state index in [4.69, 9.17) is 0 Å². The summed E-state index contributed by atoms with van der Waals surface area (Å²) >= 11 is 0. The van der Waals surface area contributed by atoms with Gasteiger partial charge in [0, 0.05) is 32.6 Å². The number of guanidine groups is 1. The number of rotatable bonds is 4. The Hall–Kier alpha value is -0.830. The summed E-state index contributed by atoms with van der Waals surface area (Å²) < 4.78 is 23.7. The summed E-state index contributed by atoms with van der Waals surface area (Å²) in [4.78, 5) is 6.53. The van der Waals surface area contributed by atoms with Crippen molar-refractivity contribution < 1.29 is 8.42 Å². The molecule has 1 saturated heterocycles. The maximum absolute atomic E-state index is 12.2. The average Bonchev–Trinajstić information content (AvgIpc) is 3.01. The van der Waals surface area contributed by atoms with Crippen LogP contribution < -0.4 is 5.32 Å². The van der Waals surface area contributed by atoms with Crippen LogP contribution in [0.4, 0.5) is 0 Å². The first kappa shape index (κ1) is 22.2. The molecule has 1 aromatic carbocycles. The van der Waals surface area contributed by atoms with E-state index in [0.29, 0.717) is 12.5 Å². The highest BCUT2D eigenvalue weighted by Crippen LogP contribution is 2.26. The molecule has 0 saturated carbocycles. The number of halogens is 1. The van der Waals surface area contributed by atoms with Crippen molar-refractivity contribution in [2.45, 2.75) is 37.9 Å². The molecule has 0 aromatic heterocycles. The largest absolute Gasteiger partial charge is 0.355 e. The summed E-state index contributed by atoms with van der Waals surface area (Å²) in [5.74, 6) is 1.41. The molecule has 0 aliphatic carbocycles. The fraction of sp³-hybridized carbons (Fsp3) is 0.611. The Kier molecular flexibility index (Phi) is 8.18. The summed E-state index contributed by atoms with van der Waals surface area (Å²) in [5, 5.41) is 3.21. The van der Waals surface area contributed by atoms with Gasteiger partial charge in [-0.2, -0.15) is 0 Å². The van der Waals surface area contributed by atoms with Crippen LogP contribution in [0.2, 0.25) is 0 Å². The Morgan fingerprint density at radius 1 is 1.28 bits per heavy atom. The molecule has 1 fully saturated rings. The molecule has 0 amide bonds. The molecule has 1 aliphatic heterocycles. The quantitative estimate of drug-likeness (QED) is 0.410. The lowest BCUT2D eigenvalue weighted by Crippen LogP contribution is -2.43. The van der Waals surface area contributed by atoms with Crippen LogP contribution in [-0.4, -0.2) is 56.5 Å². The molecular formula is C18H30IN3O2S. The Bertz CT molecular complexity index is 669. The van der Waals surface area contributed by atoms with Crippen LogP contribution >= 0.6 is 24.0 Å². The van der Waals surface area contributed by atoms with E-state index < -0.39 is 14.6 Å². The average molecular weight is 479 g/mol. The maximum Gasteiger partial charge on any atom is 0.193 e. The third-order valence-electron chi connectivity index (χ3n) is 4.56. The fourth-order valence-electron chi connectivity index (χ4n) is 2.89. The van der Waals surface area contributed by atoms with E-state index in [1.54, 1.807) is 27.8 Å². The lowest BCUT2D eigenvalue weighted by atomic mass is 9.99. The highest BCUT2D eigenvalue weighted by atomic mass is 127. The van der Waals surface area contributed by atoms with E-state index >= 15 is 0 Å². The van der Waals surface area contributed by atoms with Gasteiger partial charge in [0.2, 0.25) is 0 Å². The predicted molar refractivity (Wildman–Crippen MR) is 116 cm³/mol. The van der Waals surface area contributed by atoms with Gasteiger partial charge in [0.1, 0.15) is 0 Å². The molecule has 0 radical (unpaired) electrons. The number of aliphatic imine (C=N–C) groups is 1. The van der Waals surface area contributed by atoms with Crippen LogP contribution in [0.15, 0.2) is 35.3 Å². The number of benzene rings is 1. The Balaban J connectivity index is 0.00000312. The van der Waals surface area contributed by atoms with Crippen molar-refractivity contribution in [3.8, 4) is 0 Å². The van der Waals surface area contributed by atoms with Crippen molar-refractivity contribution in [1.29, 1.82) is 0 Å². The summed E-state index contributed by atoms with van der Waals surface area (Å²) in [6, 6.07) is 10.5. The van der Waals surface area contributed by atoms with Crippen molar-refractivity contribution >= 4 is 39.8 Å². The zero-order chi connectivity index (χ0) is 17.8. The van der Waals surface area contributed by atoms with Gasteiger partial charge in [0.15, 0.2) is 15.8 Å². The Morgan fingerprint density at radius 3 is 2.48 bits per heavy atom. The molecule has 0 bridgehead atoms. The number of likely N-dealkylation sites (tertiary alicyclic amines) is 1. The molecule has 25 heavy (non-hydrogen) atoms. The second-order valence-electron chi connectivity index (χ2n) is 7.25. The molecule has 7 heteroatoms. The van der Waals surface area contributed by atoms with E-state index in [1.165, 1.54) is 5.56 Å². The van der Waals surface area contributed by atoms with Crippen LogP contribution in [-0.2, 0) is 9.84 Å². The first-order chi connectivity index (χ1) is 11.2. The second kappa shape index (κ2) is 9.21. The number of nitrogens with zero attached hydrogens (tertiary/aromatic N) is 2. The molecule has 2 rings (SSSR count). The number of nitrogens with one attached hydrogen (secondary N) is 1. The molecule has 1 N–H and O–H groups in total. The van der Waals surface area contributed by atoms with Crippen LogP contribution in [0.25, 0.3) is 0 Å². The van der Waals surface area contributed by atoms with Crippen LogP contribution in [0.1, 0.15) is 38.7 Å². The van der Waals surface area contributed by atoms with Gasteiger partial charge < -0.3 is 10.2 Å². The van der Waals surface area contributed by atoms with E-state index in [1.807, 2.05) is 6.07 Å². The van der Waals surface area contributed by atoms with E-state index in [-0.39, 0.29) is 29.7 Å². The molecule has 1 atom stereocenters. The smallest absolute Gasteiger partial charge is 0.193 e. The standard InChI is InChI=1S/C18H29N3O2S.HI/c1-18(2,3)24(22,23)13-11-20-17(19-4)21-12-10-16(14-21)15-8-6-5-7-9-15;/h5-9,16H,10-14H2,1-4H3,(H,19,20);1H. The SMILES string of the molecule is CN=C(NCCS(=O)(=O)C(C)(C)C)N1CCC(c2ccccc2)C1.I. The molecule has 1 heterocycles. The first-order valence-corrected chi connectivity index (χ1v) is 10.1. The minimum absolute atomic E-state index is 0.